The SMILES string of the molecule is O=C(NCc1ccccc1CN1CCCC1)c1ccc([C@@H]2SCC(=O)N2Cc2ccccc2)cc1. The molecule has 3 aromatic carbocycles. The molecule has 35 heavy (non-hydrogen) atoms. The van der Waals surface area contributed by atoms with Gasteiger partial charge in [-0.05, 0) is 60.3 Å². The fraction of sp³-hybridized carbons (Fsp3) is 0.310. The smallest absolute Gasteiger partial charge is 0.251 e. The first kappa shape index (κ1) is 23.6. The van der Waals surface area contributed by atoms with E-state index < -0.39 is 0 Å². The molecule has 0 spiro atoms. The van der Waals surface area contributed by atoms with E-state index in [-0.39, 0.29) is 17.2 Å². The van der Waals surface area contributed by atoms with Gasteiger partial charge in [-0.3, -0.25) is 14.5 Å². The summed E-state index contributed by atoms with van der Waals surface area (Å²) in [4.78, 5) is 29.8. The van der Waals surface area contributed by atoms with Crippen molar-refractivity contribution in [1.29, 1.82) is 0 Å². The molecule has 0 unspecified atom stereocenters. The van der Waals surface area contributed by atoms with E-state index in [2.05, 4.69) is 28.4 Å². The average molecular weight is 486 g/mol. The Hall–Kier alpha value is -3.09. The van der Waals surface area contributed by atoms with E-state index in [1.807, 2.05) is 65.6 Å². The molecule has 0 saturated carbocycles. The van der Waals surface area contributed by atoms with Gasteiger partial charge >= 0.3 is 0 Å². The van der Waals surface area contributed by atoms with Gasteiger partial charge in [0.05, 0.1) is 5.75 Å². The molecule has 5 rings (SSSR count). The van der Waals surface area contributed by atoms with E-state index in [1.54, 1.807) is 11.8 Å². The first-order valence-corrected chi connectivity index (χ1v) is 13.3. The maximum Gasteiger partial charge on any atom is 0.251 e. The topological polar surface area (TPSA) is 52.7 Å². The summed E-state index contributed by atoms with van der Waals surface area (Å²) in [6.45, 7) is 4.36. The zero-order chi connectivity index (χ0) is 24.0. The fourth-order valence-corrected chi connectivity index (χ4v) is 6.01. The highest BCUT2D eigenvalue weighted by molar-refractivity contribution is 8.00. The van der Waals surface area contributed by atoms with Gasteiger partial charge in [0, 0.05) is 25.2 Å². The van der Waals surface area contributed by atoms with Crippen LogP contribution in [0.5, 0.6) is 0 Å². The highest BCUT2D eigenvalue weighted by Crippen LogP contribution is 2.39. The van der Waals surface area contributed by atoms with Gasteiger partial charge < -0.3 is 10.2 Å². The second-order valence-electron chi connectivity index (χ2n) is 9.23. The van der Waals surface area contributed by atoms with Crippen molar-refractivity contribution in [1.82, 2.24) is 15.1 Å². The molecule has 2 aliphatic heterocycles. The molecule has 1 atom stereocenters. The lowest BCUT2D eigenvalue weighted by atomic mass is 10.1. The minimum absolute atomic E-state index is 0.0303. The number of carbonyl (C=O) groups excluding carboxylic acids is 2. The predicted octanol–water partition coefficient (Wildman–Crippen LogP) is 4.99. The number of carbonyl (C=O) groups is 2. The third-order valence-electron chi connectivity index (χ3n) is 6.77. The van der Waals surface area contributed by atoms with E-state index in [0.717, 1.165) is 30.8 Å². The Morgan fingerprint density at radius 3 is 2.29 bits per heavy atom. The van der Waals surface area contributed by atoms with Crippen molar-refractivity contribution in [3.63, 3.8) is 0 Å². The minimum atomic E-state index is -0.0798. The first-order valence-electron chi connectivity index (χ1n) is 12.3. The number of nitrogens with one attached hydrogen (secondary N) is 1. The third-order valence-corrected chi connectivity index (χ3v) is 8.03. The molecule has 2 heterocycles. The van der Waals surface area contributed by atoms with Gasteiger partial charge in [0.15, 0.2) is 0 Å². The second kappa shape index (κ2) is 11.1. The Labute approximate surface area is 211 Å². The molecule has 2 amide bonds. The normalized spacial score (nSPS) is 18.2. The molecular formula is C29H31N3O2S. The Balaban J connectivity index is 1.21. The van der Waals surface area contributed by atoms with Crippen molar-refractivity contribution in [2.75, 3.05) is 18.8 Å². The van der Waals surface area contributed by atoms with Gasteiger partial charge in [-0.15, -0.1) is 11.8 Å². The molecule has 0 aromatic heterocycles. The zero-order valence-corrected chi connectivity index (χ0v) is 20.7. The summed E-state index contributed by atoms with van der Waals surface area (Å²) in [5.74, 6) is 0.554. The van der Waals surface area contributed by atoms with Crippen LogP contribution in [0, 0.1) is 0 Å². The molecule has 3 aromatic rings. The van der Waals surface area contributed by atoms with Gasteiger partial charge in [0.2, 0.25) is 5.91 Å². The fourth-order valence-electron chi connectivity index (χ4n) is 4.82. The van der Waals surface area contributed by atoms with Crippen molar-refractivity contribution in [3.05, 3.63) is 107 Å². The van der Waals surface area contributed by atoms with Gasteiger partial charge in [-0.25, -0.2) is 0 Å². The monoisotopic (exact) mass is 485 g/mol. The summed E-state index contributed by atoms with van der Waals surface area (Å²) >= 11 is 1.64. The minimum Gasteiger partial charge on any atom is -0.348 e. The maximum atomic E-state index is 12.9. The van der Waals surface area contributed by atoms with Crippen LogP contribution in [0.4, 0.5) is 0 Å². The number of rotatable bonds is 8. The average Bonchev–Trinajstić information content (AvgIpc) is 3.54. The lowest BCUT2D eigenvalue weighted by molar-refractivity contribution is -0.128. The van der Waals surface area contributed by atoms with Crippen LogP contribution in [0.25, 0.3) is 0 Å². The van der Waals surface area contributed by atoms with Crippen LogP contribution in [0.2, 0.25) is 0 Å². The highest BCUT2D eigenvalue weighted by atomic mass is 32.2. The van der Waals surface area contributed by atoms with Crippen molar-refractivity contribution < 1.29 is 9.59 Å². The molecule has 1 N–H and O–H groups in total. The highest BCUT2D eigenvalue weighted by Gasteiger charge is 2.32. The van der Waals surface area contributed by atoms with E-state index >= 15 is 0 Å². The standard InChI is InChI=1S/C29H31N3O2S/c33-27-21-35-29(32(27)19-22-8-2-1-3-9-22)24-14-12-23(13-15-24)28(34)30-18-25-10-4-5-11-26(25)20-31-16-6-7-17-31/h1-5,8-15,29H,6-7,16-21H2,(H,30,34)/t29-/m0/s1. The van der Waals surface area contributed by atoms with E-state index in [9.17, 15) is 9.59 Å². The van der Waals surface area contributed by atoms with E-state index in [0.29, 0.717) is 24.4 Å². The van der Waals surface area contributed by atoms with Crippen LogP contribution in [-0.2, 0) is 24.4 Å². The Morgan fingerprint density at radius 1 is 0.857 bits per heavy atom. The molecule has 6 heteroatoms. The number of thioether (sulfide) groups is 1. The van der Waals surface area contributed by atoms with Crippen molar-refractivity contribution >= 4 is 23.6 Å². The number of likely N-dealkylation sites (tertiary alicyclic amines) is 1. The molecule has 2 saturated heterocycles. The molecule has 0 radical (unpaired) electrons. The quantitative estimate of drug-likeness (QED) is 0.489. The van der Waals surface area contributed by atoms with Gasteiger partial charge in [-0.1, -0.05) is 66.7 Å². The number of hydrogen-bond donors (Lipinski definition) is 1. The molecule has 5 nitrogen and oxygen atoms in total. The Morgan fingerprint density at radius 2 is 1.54 bits per heavy atom. The van der Waals surface area contributed by atoms with Crippen molar-refractivity contribution in [2.45, 2.75) is 37.8 Å². The lowest BCUT2D eigenvalue weighted by Crippen LogP contribution is -2.28. The maximum absolute atomic E-state index is 12.9. The molecule has 2 fully saturated rings. The van der Waals surface area contributed by atoms with Crippen LogP contribution >= 0.6 is 11.8 Å². The van der Waals surface area contributed by atoms with Gasteiger partial charge in [-0.2, -0.15) is 0 Å². The zero-order valence-electron chi connectivity index (χ0n) is 19.9. The second-order valence-corrected chi connectivity index (χ2v) is 10.3. The summed E-state index contributed by atoms with van der Waals surface area (Å²) in [7, 11) is 0. The summed E-state index contributed by atoms with van der Waals surface area (Å²) in [6, 6.07) is 26.1. The lowest BCUT2D eigenvalue weighted by Gasteiger charge is -2.24. The van der Waals surface area contributed by atoms with Crippen LogP contribution in [-0.4, -0.2) is 40.5 Å². The van der Waals surface area contributed by atoms with Gasteiger partial charge in [0.1, 0.15) is 5.37 Å². The Kier molecular flexibility index (Phi) is 7.50. The number of amides is 2. The van der Waals surface area contributed by atoms with Crippen molar-refractivity contribution in [2.24, 2.45) is 0 Å². The summed E-state index contributed by atoms with van der Waals surface area (Å²) in [6.07, 6.45) is 2.54. The molecule has 0 bridgehead atoms. The Bertz CT molecular complexity index is 1160. The van der Waals surface area contributed by atoms with Crippen LogP contribution in [0.15, 0.2) is 78.9 Å². The summed E-state index contributed by atoms with van der Waals surface area (Å²) < 4.78 is 0. The van der Waals surface area contributed by atoms with E-state index in [4.69, 9.17) is 0 Å². The predicted molar refractivity (Wildman–Crippen MR) is 141 cm³/mol. The van der Waals surface area contributed by atoms with Gasteiger partial charge in [0.25, 0.3) is 5.91 Å². The number of hydrogen-bond acceptors (Lipinski definition) is 4. The summed E-state index contributed by atoms with van der Waals surface area (Å²) in [5.41, 5.74) is 5.25. The van der Waals surface area contributed by atoms with E-state index in [1.165, 1.54) is 24.0 Å². The number of benzene rings is 3. The van der Waals surface area contributed by atoms with Crippen LogP contribution < -0.4 is 5.32 Å². The number of nitrogens with zero attached hydrogens (tertiary/aromatic N) is 2. The molecule has 180 valence electrons. The molecule has 2 aliphatic rings. The van der Waals surface area contributed by atoms with Crippen molar-refractivity contribution in [3.8, 4) is 0 Å². The first-order chi connectivity index (χ1) is 17.2. The summed E-state index contributed by atoms with van der Waals surface area (Å²) in [5, 5.41) is 3.06. The van der Waals surface area contributed by atoms with Crippen LogP contribution in [0.3, 0.4) is 0 Å². The van der Waals surface area contributed by atoms with Crippen LogP contribution in [0.1, 0.15) is 50.8 Å². The largest absolute Gasteiger partial charge is 0.348 e. The molecule has 0 aliphatic carbocycles. The molecular weight excluding hydrogens is 454 g/mol. The third kappa shape index (κ3) is 5.77.